The number of piperazine rings is 1. The number of aromatic nitrogens is 2. The van der Waals surface area contributed by atoms with Gasteiger partial charge in [0, 0.05) is 32.2 Å². The Morgan fingerprint density at radius 2 is 1.75 bits per heavy atom. The molecule has 28 heavy (non-hydrogen) atoms. The van der Waals surface area contributed by atoms with E-state index in [4.69, 9.17) is 4.74 Å². The minimum atomic E-state index is 0.175. The summed E-state index contributed by atoms with van der Waals surface area (Å²) in [5.41, 5.74) is 1.09. The predicted octanol–water partition coefficient (Wildman–Crippen LogP) is 2.92. The van der Waals surface area contributed by atoms with Gasteiger partial charge in [-0.2, -0.15) is 0 Å². The molecule has 2 heterocycles. The molecule has 1 fully saturated rings. The molecule has 0 radical (unpaired) electrons. The van der Waals surface area contributed by atoms with Crippen molar-refractivity contribution in [3.8, 4) is 5.88 Å². The van der Waals surface area contributed by atoms with Crippen LogP contribution in [0.15, 0.2) is 54.6 Å². The van der Waals surface area contributed by atoms with E-state index in [2.05, 4.69) is 33.3 Å². The Labute approximate surface area is 164 Å². The number of nitrogens with zero attached hydrogens (tertiary/aromatic N) is 4. The van der Waals surface area contributed by atoms with Crippen molar-refractivity contribution in [2.24, 2.45) is 0 Å². The summed E-state index contributed by atoms with van der Waals surface area (Å²) < 4.78 is 5.34. The van der Waals surface area contributed by atoms with Gasteiger partial charge < -0.3 is 14.5 Å². The second-order valence-corrected chi connectivity index (χ2v) is 6.85. The number of hydrogen-bond donors (Lipinski definition) is 0. The lowest BCUT2D eigenvalue weighted by atomic mass is 10.0. The number of fused-ring (bicyclic) bond motifs is 1. The normalized spacial score (nSPS) is 14.3. The van der Waals surface area contributed by atoms with Crippen LogP contribution in [-0.4, -0.2) is 53.8 Å². The van der Waals surface area contributed by atoms with Gasteiger partial charge in [-0.3, -0.25) is 4.79 Å². The van der Waals surface area contributed by atoms with E-state index in [1.807, 2.05) is 48.2 Å². The Morgan fingerprint density at radius 3 is 2.50 bits per heavy atom. The molecular weight excluding hydrogens is 352 g/mol. The van der Waals surface area contributed by atoms with E-state index in [1.165, 1.54) is 5.39 Å². The van der Waals surface area contributed by atoms with Gasteiger partial charge in [0.1, 0.15) is 0 Å². The number of anilines is 1. The maximum absolute atomic E-state index is 12.8. The van der Waals surface area contributed by atoms with Gasteiger partial charge in [0.15, 0.2) is 5.82 Å². The van der Waals surface area contributed by atoms with Crippen molar-refractivity contribution in [3.05, 3.63) is 60.2 Å². The van der Waals surface area contributed by atoms with Gasteiger partial charge in [-0.15, -0.1) is 10.2 Å². The fourth-order valence-corrected chi connectivity index (χ4v) is 3.61. The highest BCUT2D eigenvalue weighted by Crippen LogP contribution is 2.20. The molecule has 1 saturated heterocycles. The van der Waals surface area contributed by atoms with Crippen molar-refractivity contribution >= 4 is 22.5 Å². The Hall–Kier alpha value is -3.15. The molecule has 3 aromatic rings. The zero-order valence-corrected chi connectivity index (χ0v) is 16.0. The third-order valence-corrected chi connectivity index (χ3v) is 5.10. The number of amides is 1. The van der Waals surface area contributed by atoms with E-state index in [-0.39, 0.29) is 5.91 Å². The average molecular weight is 376 g/mol. The molecule has 0 N–H and O–H groups in total. The van der Waals surface area contributed by atoms with Crippen LogP contribution in [0.2, 0.25) is 0 Å². The smallest absolute Gasteiger partial charge is 0.233 e. The summed E-state index contributed by atoms with van der Waals surface area (Å²) in [6, 6.07) is 18.1. The number of ether oxygens (including phenoxy) is 1. The summed E-state index contributed by atoms with van der Waals surface area (Å²) in [4.78, 5) is 16.9. The molecular formula is C22H24N4O2. The number of carbonyl (C=O) groups is 1. The van der Waals surface area contributed by atoms with Crippen molar-refractivity contribution in [1.29, 1.82) is 0 Å². The average Bonchev–Trinajstić information content (AvgIpc) is 2.75. The number of carbonyl (C=O) groups excluding carboxylic acids is 1. The van der Waals surface area contributed by atoms with E-state index >= 15 is 0 Å². The minimum Gasteiger partial charge on any atom is -0.477 e. The largest absolute Gasteiger partial charge is 0.477 e. The monoisotopic (exact) mass is 376 g/mol. The van der Waals surface area contributed by atoms with Crippen LogP contribution in [0.3, 0.4) is 0 Å². The molecule has 2 aromatic carbocycles. The highest BCUT2D eigenvalue weighted by atomic mass is 16.5. The summed E-state index contributed by atoms with van der Waals surface area (Å²) in [7, 11) is 0. The van der Waals surface area contributed by atoms with E-state index in [1.54, 1.807) is 0 Å². The van der Waals surface area contributed by atoms with Crippen LogP contribution in [0, 0.1) is 0 Å². The van der Waals surface area contributed by atoms with Gasteiger partial charge in [-0.05, 0) is 29.3 Å². The maximum Gasteiger partial charge on any atom is 0.233 e. The van der Waals surface area contributed by atoms with Gasteiger partial charge in [-0.1, -0.05) is 42.5 Å². The zero-order valence-electron chi connectivity index (χ0n) is 16.0. The van der Waals surface area contributed by atoms with E-state index in [9.17, 15) is 4.79 Å². The molecule has 0 saturated carbocycles. The second kappa shape index (κ2) is 8.25. The van der Waals surface area contributed by atoms with Crippen LogP contribution in [0.5, 0.6) is 5.88 Å². The molecule has 4 rings (SSSR count). The summed E-state index contributed by atoms with van der Waals surface area (Å²) in [5.74, 6) is 1.54. The zero-order chi connectivity index (χ0) is 19.3. The van der Waals surface area contributed by atoms with Gasteiger partial charge in [0.25, 0.3) is 0 Å². The molecule has 1 amide bonds. The Morgan fingerprint density at radius 1 is 0.964 bits per heavy atom. The Bertz CT molecular complexity index is 945. The Balaban J connectivity index is 1.37. The van der Waals surface area contributed by atoms with Crippen molar-refractivity contribution in [2.45, 2.75) is 13.3 Å². The molecule has 0 spiro atoms. The number of rotatable bonds is 5. The van der Waals surface area contributed by atoms with Gasteiger partial charge in [-0.25, -0.2) is 0 Å². The van der Waals surface area contributed by atoms with Gasteiger partial charge >= 0.3 is 0 Å². The summed E-state index contributed by atoms with van der Waals surface area (Å²) >= 11 is 0. The highest BCUT2D eigenvalue weighted by molar-refractivity contribution is 5.90. The first-order chi connectivity index (χ1) is 13.7. The molecule has 1 aromatic heterocycles. The molecule has 6 nitrogen and oxygen atoms in total. The van der Waals surface area contributed by atoms with E-state index < -0.39 is 0 Å². The molecule has 0 atom stereocenters. The molecule has 0 bridgehead atoms. The Kier molecular flexibility index (Phi) is 5.37. The molecule has 0 unspecified atom stereocenters. The van der Waals surface area contributed by atoms with Gasteiger partial charge in [0.2, 0.25) is 11.8 Å². The van der Waals surface area contributed by atoms with Crippen LogP contribution < -0.4 is 9.64 Å². The minimum absolute atomic E-state index is 0.175. The van der Waals surface area contributed by atoms with Crippen molar-refractivity contribution in [3.63, 3.8) is 0 Å². The SMILES string of the molecule is CCOc1ccc(N2CCN(C(=O)Cc3cccc4ccccc34)CC2)nn1. The highest BCUT2D eigenvalue weighted by Gasteiger charge is 2.22. The summed E-state index contributed by atoms with van der Waals surface area (Å²) in [6.07, 6.45) is 0.435. The summed E-state index contributed by atoms with van der Waals surface area (Å²) in [6.45, 7) is 5.39. The fraction of sp³-hybridized carbons (Fsp3) is 0.318. The van der Waals surface area contributed by atoms with Crippen LogP contribution in [0.4, 0.5) is 5.82 Å². The fourth-order valence-electron chi connectivity index (χ4n) is 3.61. The first-order valence-corrected chi connectivity index (χ1v) is 9.70. The van der Waals surface area contributed by atoms with E-state index in [0.29, 0.717) is 32.0 Å². The number of benzene rings is 2. The van der Waals surface area contributed by atoms with Crippen LogP contribution in [0.25, 0.3) is 10.8 Å². The molecule has 144 valence electrons. The topological polar surface area (TPSA) is 58.6 Å². The number of hydrogen-bond acceptors (Lipinski definition) is 5. The lowest BCUT2D eigenvalue weighted by molar-refractivity contribution is -0.130. The third-order valence-electron chi connectivity index (χ3n) is 5.10. The second-order valence-electron chi connectivity index (χ2n) is 6.85. The lowest BCUT2D eigenvalue weighted by Crippen LogP contribution is -2.49. The van der Waals surface area contributed by atoms with Gasteiger partial charge in [0.05, 0.1) is 13.0 Å². The molecule has 6 heteroatoms. The van der Waals surface area contributed by atoms with Crippen molar-refractivity contribution in [2.75, 3.05) is 37.7 Å². The first kappa shape index (κ1) is 18.2. The predicted molar refractivity (Wildman–Crippen MR) is 110 cm³/mol. The van der Waals surface area contributed by atoms with E-state index in [0.717, 1.165) is 29.9 Å². The van der Waals surface area contributed by atoms with Crippen LogP contribution >= 0.6 is 0 Å². The van der Waals surface area contributed by atoms with Crippen LogP contribution in [-0.2, 0) is 11.2 Å². The standard InChI is InChI=1S/C22H24N4O2/c1-2-28-21-11-10-20(23-24-21)25-12-14-26(15-13-25)22(27)16-18-8-5-7-17-6-3-4-9-19(17)18/h3-11H,2,12-16H2,1H3. The first-order valence-electron chi connectivity index (χ1n) is 9.70. The summed E-state index contributed by atoms with van der Waals surface area (Å²) in [5, 5.41) is 10.7. The third kappa shape index (κ3) is 3.91. The maximum atomic E-state index is 12.8. The van der Waals surface area contributed by atoms with Crippen molar-refractivity contribution in [1.82, 2.24) is 15.1 Å². The quantitative estimate of drug-likeness (QED) is 0.685. The van der Waals surface area contributed by atoms with Crippen LogP contribution in [0.1, 0.15) is 12.5 Å². The molecule has 1 aliphatic heterocycles. The molecule has 1 aliphatic rings. The molecule has 0 aliphatic carbocycles. The van der Waals surface area contributed by atoms with Crippen molar-refractivity contribution < 1.29 is 9.53 Å². The lowest BCUT2D eigenvalue weighted by Gasteiger charge is -2.35.